The van der Waals surface area contributed by atoms with Gasteiger partial charge in [-0.15, -0.1) is 0 Å². The first-order valence-corrected chi connectivity index (χ1v) is 8.34. The molecule has 0 saturated carbocycles. The summed E-state index contributed by atoms with van der Waals surface area (Å²) >= 11 is 0. The molecule has 1 amide bonds. The normalized spacial score (nSPS) is 10.7. The third kappa shape index (κ3) is 5.35. The molecule has 0 fully saturated rings. The number of para-hydroxylation sites is 1. The molecule has 0 unspecified atom stereocenters. The Labute approximate surface area is 144 Å². The predicted octanol–water partition coefficient (Wildman–Crippen LogP) is 3.26. The molecule has 5 heteroatoms. The van der Waals surface area contributed by atoms with Crippen LogP contribution in [0, 0.1) is 0 Å². The molecule has 2 N–H and O–H groups in total. The van der Waals surface area contributed by atoms with Gasteiger partial charge in [-0.3, -0.25) is 9.78 Å². The molecule has 0 aliphatic carbocycles. The van der Waals surface area contributed by atoms with E-state index in [9.17, 15) is 4.79 Å². The Morgan fingerprint density at radius 1 is 1.21 bits per heavy atom. The number of carbonyl (C=O) groups is 1. The number of rotatable bonds is 8. The summed E-state index contributed by atoms with van der Waals surface area (Å²) in [4.78, 5) is 18.8. The third-order valence-electron chi connectivity index (χ3n) is 3.75. The summed E-state index contributed by atoms with van der Waals surface area (Å²) in [6, 6.07) is 11.5. The van der Waals surface area contributed by atoms with Crippen LogP contribution in [0.3, 0.4) is 0 Å². The van der Waals surface area contributed by atoms with E-state index >= 15 is 0 Å². The highest BCUT2D eigenvalue weighted by molar-refractivity contribution is 6.03. The van der Waals surface area contributed by atoms with Crippen LogP contribution >= 0.6 is 0 Å². The van der Waals surface area contributed by atoms with Crippen molar-refractivity contribution in [2.24, 2.45) is 0 Å². The third-order valence-corrected chi connectivity index (χ3v) is 3.75. The Morgan fingerprint density at radius 2 is 2.00 bits per heavy atom. The molecular weight excluding hydrogens is 300 g/mol. The zero-order valence-electron chi connectivity index (χ0n) is 14.7. The number of aryl methyl sites for hydroxylation is 1. The van der Waals surface area contributed by atoms with Gasteiger partial charge in [-0.1, -0.05) is 25.1 Å². The minimum Gasteiger partial charge on any atom is -0.385 e. The number of hydrogen-bond donors (Lipinski definition) is 2. The second-order valence-electron chi connectivity index (χ2n) is 5.98. The van der Waals surface area contributed by atoms with Gasteiger partial charge in [0, 0.05) is 24.1 Å². The van der Waals surface area contributed by atoms with Crippen molar-refractivity contribution in [3.8, 4) is 0 Å². The summed E-state index contributed by atoms with van der Waals surface area (Å²) in [5.74, 6) is -0.187. The van der Waals surface area contributed by atoms with Gasteiger partial charge < -0.3 is 15.5 Å². The molecule has 0 spiro atoms. The van der Waals surface area contributed by atoms with Crippen LogP contribution in [0.5, 0.6) is 0 Å². The van der Waals surface area contributed by atoms with Gasteiger partial charge in [0.1, 0.15) is 5.69 Å². The molecule has 0 radical (unpaired) electrons. The van der Waals surface area contributed by atoms with Gasteiger partial charge in [0.2, 0.25) is 0 Å². The van der Waals surface area contributed by atoms with Gasteiger partial charge in [-0.05, 0) is 57.2 Å². The number of hydrogen-bond acceptors (Lipinski definition) is 4. The van der Waals surface area contributed by atoms with Crippen LogP contribution in [0.15, 0.2) is 42.6 Å². The van der Waals surface area contributed by atoms with Crippen molar-refractivity contribution in [2.45, 2.75) is 19.8 Å². The maximum atomic E-state index is 12.4. The lowest BCUT2D eigenvalue weighted by atomic mass is 10.1. The van der Waals surface area contributed by atoms with Gasteiger partial charge in [-0.25, -0.2) is 0 Å². The first-order valence-electron chi connectivity index (χ1n) is 8.34. The second-order valence-corrected chi connectivity index (χ2v) is 5.98. The molecule has 0 aliphatic heterocycles. The van der Waals surface area contributed by atoms with E-state index in [1.165, 1.54) is 0 Å². The monoisotopic (exact) mass is 326 g/mol. The highest BCUT2D eigenvalue weighted by atomic mass is 16.1. The number of aromatic nitrogens is 1. The topological polar surface area (TPSA) is 57.3 Å². The van der Waals surface area contributed by atoms with Crippen molar-refractivity contribution in [1.29, 1.82) is 0 Å². The Bertz CT molecular complexity index is 670. The molecule has 1 heterocycles. The van der Waals surface area contributed by atoms with E-state index in [1.807, 2.05) is 30.3 Å². The zero-order valence-corrected chi connectivity index (χ0v) is 14.7. The van der Waals surface area contributed by atoms with Crippen molar-refractivity contribution < 1.29 is 4.79 Å². The Morgan fingerprint density at radius 3 is 2.75 bits per heavy atom. The van der Waals surface area contributed by atoms with Crippen molar-refractivity contribution >= 4 is 17.3 Å². The van der Waals surface area contributed by atoms with E-state index < -0.39 is 0 Å². The standard InChI is InChI=1S/C19H26N4O/c1-4-15-8-5-6-9-17(15)22-19(24)18-14-16(10-12-21-18)20-11-7-13-23(2)3/h5-6,8-10,12,14H,4,7,11,13H2,1-3H3,(H,20,21)(H,22,24). The van der Waals surface area contributed by atoms with Gasteiger partial charge >= 0.3 is 0 Å². The van der Waals surface area contributed by atoms with Crippen LogP contribution in [0.1, 0.15) is 29.4 Å². The van der Waals surface area contributed by atoms with Crippen LogP contribution in [-0.2, 0) is 6.42 Å². The molecule has 0 saturated heterocycles. The summed E-state index contributed by atoms with van der Waals surface area (Å²) in [5.41, 5.74) is 3.29. The first-order chi connectivity index (χ1) is 11.6. The van der Waals surface area contributed by atoms with E-state index in [4.69, 9.17) is 0 Å². The van der Waals surface area contributed by atoms with Crippen LogP contribution < -0.4 is 10.6 Å². The first kappa shape index (κ1) is 17.9. The average Bonchev–Trinajstić information content (AvgIpc) is 2.59. The van der Waals surface area contributed by atoms with Crippen LogP contribution in [0.2, 0.25) is 0 Å². The fraction of sp³-hybridized carbons (Fsp3) is 0.368. The van der Waals surface area contributed by atoms with Crippen LogP contribution in [0.25, 0.3) is 0 Å². The smallest absolute Gasteiger partial charge is 0.274 e. The molecule has 0 aliphatic rings. The van der Waals surface area contributed by atoms with Crippen molar-refractivity contribution in [3.05, 3.63) is 53.9 Å². The summed E-state index contributed by atoms with van der Waals surface area (Å²) < 4.78 is 0. The van der Waals surface area contributed by atoms with Crippen LogP contribution in [-0.4, -0.2) is 43.0 Å². The number of benzene rings is 1. The highest BCUT2D eigenvalue weighted by Crippen LogP contribution is 2.17. The average molecular weight is 326 g/mol. The van der Waals surface area contributed by atoms with E-state index in [1.54, 1.807) is 12.3 Å². The van der Waals surface area contributed by atoms with Crippen LogP contribution in [0.4, 0.5) is 11.4 Å². The largest absolute Gasteiger partial charge is 0.385 e. The number of anilines is 2. The molecule has 1 aromatic carbocycles. The SMILES string of the molecule is CCc1ccccc1NC(=O)c1cc(NCCCN(C)C)ccn1. The van der Waals surface area contributed by atoms with Gasteiger partial charge in [-0.2, -0.15) is 0 Å². The molecular formula is C19H26N4O. The lowest BCUT2D eigenvalue weighted by Gasteiger charge is -2.12. The summed E-state index contributed by atoms with van der Waals surface area (Å²) in [7, 11) is 4.12. The van der Waals surface area contributed by atoms with Crippen molar-refractivity contribution in [1.82, 2.24) is 9.88 Å². The number of pyridine rings is 1. The summed E-state index contributed by atoms with van der Waals surface area (Å²) in [5, 5.41) is 6.29. The molecule has 128 valence electrons. The fourth-order valence-corrected chi connectivity index (χ4v) is 2.43. The molecule has 0 bridgehead atoms. The predicted molar refractivity (Wildman–Crippen MR) is 99.7 cm³/mol. The minimum absolute atomic E-state index is 0.187. The second kappa shape index (κ2) is 9.03. The number of nitrogens with zero attached hydrogens (tertiary/aromatic N) is 2. The Hall–Kier alpha value is -2.40. The molecule has 0 atom stereocenters. The lowest BCUT2D eigenvalue weighted by Crippen LogP contribution is -2.17. The lowest BCUT2D eigenvalue weighted by molar-refractivity contribution is 0.102. The van der Waals surface area contributed by atoms with E-state index in [0.717, 1.165) is 42.9 Å². The van der Waals surface area contributed by atoms with E-state index in [0.29, 0.717) is 5.69 Å². The summed E-state index contributed by atoms with van der Waals surface area (Å²) in [6.45, 7) is 3.96. The van der Waals surface area contributed by atoms with Gasteiger partial charge in [0.05, 0.1) is 0 Å². The van der Waals surface area contributed by atoms with E-state index in [-0.39, 0.29) is 5.91 Å². The maximum Gasteiger partial charge on any atom is 0.274 e. The molecule has 5 nitrogen and oxygen atoms in total. The number of carbonyl (C=O) groups excluding carboxylic acids is 1. The molecule has 1 aromatic heterocycles. The highest BCUT2D eigenvalue weighted by Gasteiger charge is 2.10. The molecule has 2 aromatic rings. The fourth-order valence-electron chi connectivity index (χ4n) is 2.43. The maximum absolute atomic E-state index is 12.4. The molecule has 2 rings (SSSR count). The van der Waals surface area contributed by atoms with Crippen molar-refractivity contribution in [2.75, 3.05) is 37.8 Å². The zero-order chi connectivity index (χ0) is 17.4. The Kier molecular flexibility index (Phi) is 6.75. The number of nitrogens with one attached hydrogen (secondary N) is 2. The minimum atomic E-state index is -0.187. The Balaban J connectivity index is 1.98. The van der Waals surface area contributed by atoms with E-state index in [2.05, 4.69) is 41.5 Å². The van der Waals surface area contributed by atoms with Gasteiger partial charge in [0.15, 0.2) is 0 Å². The van der Waals surface area contributed by atoms with Crippen molar-refractivity contribution in [3.63, 3.8) is 0 Å². The van der Waals surface area contributed by atoms with Gasteiger partial charge in [0.25, 0.3) is 5.91 Å². The number of amides is 1. The quantitative estimate of drug-likeness (QED) is 0.731. The molecule has 24 heavy (non-hydrogen) atoms. The summed E-state index contributed by atoms with van der Waals surface area (Å²) in [6.07, 6.45) is 3.58.